The number of rotatable bonds is 6. The smallest absolute Gasteiger partial charge is 0.274 e. The van der Waals surface area contributed by atoms with Crippen molar-refractivity contribution in [2.24, 2.45) is 13.0 Å². The minimum absolute atomic E-state index is 0.0165. The summed E-state index contributed by atoms with van der Waals surface area (Å²) < 4.78 is 6.61. The molecule has 2 aromatic heterocycles. The van der Waals surface area contributed by atoms with Gasteiger partial charge >= 0.3 is 0 Å². The Kier molecular flexibility index (Phi) is 6.28. The summed E-state index contributed by atoms with van der Waals surface area (Å²) in [5.41, 5.74) is 0.0260. The minimum atomic E-state index is -0.246. The number of nitrogens with one attached hydrogen (secondary N) is 1. The average molecular weight is 386 g/mol. The van der Waals surface area contributed by atoms with Gasteiger partial charge in [0.1, 0.15) is 17.2 Å². The van der Waals surface area contributed by atoms with E-state index in [1.807, 2.05) is 19.1 Å². The van der Waals surface area contributed by atoms with E-state index in [1.54, 1.807) is 4.90 Å². The highest BCUT2D eigenvalue weighted by molar-refractivity contribution is 5.92. The second-order valence-electron chi connectivity index (χ2n) is 7.27. The number of hydrogen-bond donors (Lipinski definition) is 1. The van der Waals surface area contributed by atoms with E-state index in [0.29, 0.717) is 26.1 Å². The highest BCUT2D eigenvalue weighted by Crippen LogP contribution is 2.22. The third-order valence-electron chi connectivity index (χ3n) is 5.02. The number of nitrogens with zero attached hydrogens (tertiary/aromatic N) is 3. The van der Waals surface area contributed by atoms with Gasteiger partial charge in [-0.2, -0.15) is 5.10 Å². The van der Waals surface area contributed by atoms with Crippen molar-refractivity contribution < 1.29 is 14.0 Å². The van der Waals surface area contributed by atoms with Crippen molar-refractivity contribution in [3.05, 3.63) is 51.8 Å². The lowest BCUT2D eigenvalue weighted by molar-refractivity contribution is -0.121. The largest absolute Gasteiger partial charge is 0.465 e. The Labute approximate surface area is 163 Å². The van der Waals surface area contributed by atoms with Gasteiger partial charge in [0.05, 0.1) is 6.54 Å². The first-order valence-corrected chi connectivity index (χ1v) is 9.58. The van der Waals surface area contributed by atoms with Crippen molar-refractivity contribution in [1.29, 1.82) is 0 Å². The van der Waals surface area contributed by atoms with Crippen molar-refractivity contribution in [3.8, 4) is 0 Å². The van der Waals surface area contributed by atoms with Gasteiger partial charge in [0, 0.05) is 32.6 Å². The van der Waals surface area contributed by atoms with Gasteiger partial charge in [-0.25, -0.2) is 4.68 Å². The van der Waals surface area contributed by atoms with Crippen LogP contribution in [0.4, 0.5) is 0 Å². The molecule has 28 heavy (non-hydrogen) atoms. The summed E-state index contributed by atoms with van der Waals surface area (Å²) in [5.74, 6) is 1.66. The van der Waals surface area contributed by atoms with Crippen LogP contribution in [0.25, 0.3) is 0 Å². The van der Waals surface area contributed by atoms with Gasteiger partial charge in [0.2, 0.25) is 5.91 Å². The monoisotopic (exact) mass is 386 g/mol. The maximum absolute atomic E-state index is 12.7. The molecule has 1 atom stereocenters. The first-order chi connectivity index (χ1) is 13.4. The predicted molar refractivity (Wildman–Crippen MR) is 103 cm³/mol. The summed E-state index contributed by atoms with van der Waals surface area (Å²) in [6, 6.07) is 6.55. The molecule has 1 aliphatic heterocycles. The standard InChI is InChI=1S/C20H26N4O4/c1-14-5-7-16(28-14)12-21-18(25)9-6-15-4-3-11-24(13-15)20(27)17-8-10-19(26)23(2)22-17/h5,7-8,10,15H,3-4,6,9,11-13H2,1-2H3,(H,21,25). The van der Waals surface area contributed by atoms with Crippen molar-refractivity contribution in [1.82, 2.24) is 20.0 Å². The van der Waals surface area contributed by atoms with Crippen molar-refractivity contribution in [3.63, 3.8) is 0 Å². The molecule has 0 aliphatic carbocycles. The first-order valence-electron chi connectivity index (χ1n) is 9.58. The van der Waals surface area contributed by atoms with E-state index >= 15 is 0 Å². The number of furan rings is 1. The number of aromatic nitrogens is 2. The van der Waals surface area contributed by atoms with Gasteiger partial charge < -0.3 is 14.6 Å². The lowest BCUT2D eigenvalue weighted by Gasteiger charge is -2.32. The third kappa shape index (κ3) is 5.09. The molecule has 0 bridgehead atoms. The van der Waals surface area contributed by atoms with Crippen LogP contribution in [-0.4, -0.2) is 39.6 Å². The van der Waals surface area contributed by atoms with Gasteiger partial charge in [-0.3, -0.25) is 14.4 Å². The molecule has 150 valence electrons. The summed E-state index contributed by atoms with van der Waals surface area (Å²) in [4.78, 5) is 38.0. The Morgan fingerprint density at radius 1 is 1.29 bits per heavy atom. The Morgan fingerprint density at radius 3 is 2.82 bits per heavy atom. The van der Waals surface area contributed by atoms with Gasteiger partial charge in [-0.1, -0.05) is 0 Å². The average Bonchev–Trinajstić information content (AvgIpc) is 3.12. The lowest BCUT2D eigenvalue weighted by atomic mass is 9.93. The number of carbonyl (C=O) groups excluding carboxylic acids is 2. The van der Waals surface area contributed by atoms with E-state index in [1.165, 1.54) is 23.9 Å². The fourth-order valence-corrected chi connectivity index (χ4v) is 3.45. The Hall–Kier alpha value is -2.90. The van der Waals surface area contributed by atoms with Crippen LogP contribution in [0.2, 0.25) is 0 Å². The maximum Gasteiger partial charge on any atom is 0.274 e. The fraction of sp³-hybridized carbons (Fsp3) is 0.500. The van der Waals surface area contributed by atoms with E-state index in [4.69, 9.17) is 4.42 Å². The van der Waals surface area contributed by atoms with Crippen LogP contribution in [0.3, 0.4) is 0 Å². The van der Waals surface area contributed by atoms with Crippen molar-refractivity contribution in [2.45, 2.75) is 39.2 Å². The zero-order chi connectivity index (χ0) is 20.1. The van der Waals surface area contributed by atoms with Crippen molar-refractivity contribution >= 4 is 11.8 Å². The Bertz CT molecular complexity index is 902. The molecule has 1 unspecified atom stereocenters. The summed E-state index contributed by atoms with van der Waals surface area (Å²) in [6.45, 7) is 3.53. The van der Waals surface area contributed by atoms with Crippen LogP contribution < -0.4 is 10.9 Å². The molecule has 0 saturated carbocycles. The van der Waals surface area contributed by atoms with Gasteiger partial charge in [-0.05, 0) is 50.3 Å². The fourth-order valence-electron chi connectivity index (χ4n) is 3.45. The molecule has 3 heterocycles. The molecule has 0 spiro atoms. The predicted octanol–water partition coefficient (Wildman–Crippen LogP) is 1.63. The third-order valence-corrected chi connectivity index (χ3v) is 5.02. The minimum Gasteiger partial charge on any atom is -0.465 e. The SMILES string of the molecule is Cc1ccc(CNC(=O)CCC2CCCN(C(=O)c3ccc(=O)n(C)n3)C2)o1. The molecule has 2 amide bonds. The van der Waals surface area contributed by atoms with E-state index < -0.39 is 0 Å². The van der Waals surface area contributed by atoms with Gasteiger partial charge in [0.25, 0.3) is 11.5 Å². The Morgan fingerprint density at radius 2 is 2.11 bits per heavy atom. The van der Waals surface area contributed by atoms with E-state index in [9.17, 15) is 14.4 Å². The van der Waals surface area contributed by atoms with E-state index in [2.05, 4.69) is 10.4 Å². The molecule has 1 N–H and O–H groups in total. The molecule has 8 heteroatoms. The lowest BCUT2D eigenvalue weighted by Crippen LogP contribution is -2.41. The Balaban J connectivity index is 1.47. The zero-order valence-corrected chi connectivity index (χ0v) is 16.3. The summed E-state index contributed by atoms with van der Waals surface area (Å²) in [5, 5.41) is 6.91. The quantitative estimate of drug-likeness (QED) is 0.814. The topological polar surface area (TPSA) is 97.4 Å². The highest BCUT2D eigenvalue weighted by Gasteiger charge is 2.25. The van der Waals surface area contributed by atoms with Crippen LogP contribution >= 0.6 is 0 Å². The molecule has 2 aromatic rings. The molecule has 0 aromatic carbocycles. The van der Waals surface area contributed by atoms with Crippen LogP contribution in [-0.2, 0) is 18.4 Å². The second-order valence-corrected chi connectivity index (χ2v) is 7.27. The maximum atomic E-state index is 12.7. The van der Waals surface area contributed by atoms with Crippen LogP contribution in [0, 0.1) is 12.8 Å². The first kappa shape index (κ1) is 19.9. The number of hydrogen-bond acceptors (Lipinski definition) is 5. The summed E-state index contributed by atoms with van der Waals surface area (Å²) >= 11 is 0. The number of aryl methyl sites for hydroxylation is 2. The number of piperidine rings is 1. The summed E-state index contributed by atoms with van der Waals surface area (Å²) in [6.07, 6.45) is 3.04. The van der Waals surface area contributed by atoms with Crippen LogP contribution in [0.5, 0.6) is 0 Å². The molecule has 0 radical (unpaired) electrons. The molecule has 8 nitrogen and oxygen atoms in total. The normalized spacial score (nSPS) is 16.8. The molecular formula is C20H26N4O4. The zero-order valence-electron chi connectivity index (χ0n) is 16.3. The molecular weight excluding hydrogens is 360 g/mol. The number of likely N-dealkylation sites (tertiary alicyclic amines) is 1. The molecule has 1 saturated heterocycles. The van der Waals surface area contributed by atoms with Crippen LogP contribution in [0.1, 0.15) is 47.7 Å². The van der Waals surface area contributed by atoms with Crippen LogP contribution in [0.15, 0.2) is 33.5 Å². The van der Waals surface area contributed by atoms with E-state index in [0.717, 1.165) is 30.8 Å². The van der Waals surface area contributed by atoms with E-state index in [-0.39, 0.29) is 29.0 Å². The summed E-state index contributed by atoms with van der Waals surface area (Å²) in [7, 11) is 1.53. The number of carbonyl (C=O) groups is 2. The van der Waals surface area contributed by atoms with Crippen molar-refractivity contribution in [2.75, 3.05) is 13.1 Å². The molecule has 3 rings (SSSR count). The number of amides is 2. The molecule has 1 aliphatic rings. The van der Waals surface area contributed by atoms with Gasteiger partial charge in [-0.15, -0.1) is 0 Å². The van der Waals surface area contributed by atoms with Gasteiger partial charge in [0.15, 0.2) is 0 Å². The second kappa shape index (κ2) is 8.86. The highest BCUT2D eigenvalue weighted by atomic mass is 16.3. The molecule has 1 fully saturated rings.